The van der Waals surface area contributed by atoms with Crippen molar-refractivity contribution in [3.8, 4) is 6.07 Å². The first-order valence-electron chi connectivity index (χ1n) is 6.02. The Labute approximate surface area is 117 Å². The lowest BCUT2D eigenvalue weighted by Gasteiger charge is -2.01. The van der Waals surface area contributed by atoms with Crippen molar-refractivity contribution in [2.45, 2.75) is 0 Å². The summed E-state index contributed by atoms with van der Waals surface area (Å²) in [5, 5.41) is 11.4. The summed E-state index contributed by atoms with van der Waals surface area (Å²) in [4.78, 5) is 11.7. The number of carbonyl (C=O) groups is 1. The van der Waals surface area contributed by atoms with E-state index in [1.807, 2.05) is 18.2 Å². The zero-order valence-corrected chi connectivity index (χ0v) is 10.7. The maximum absolute atomic E-state index is 11.7. The highest BCUT2D eigenvalue weighted by Crippen LogP contribution is 2.10. The normalized spacial score (nSPS) is 10.2. The molecule has 0 unspecified atom stereocenters. The van der Waals surface area contributed by atoms with E-state index in [-0.39, 0.29) is 5.91 Å². The first-order chi connectivity index (χ1) is 9.67. The molecule has 4 nitrogen and oxygen atoms in total. The van der Waals surface area contributed by atoms with Crippen molar-refractivity contribution in [2.75, 3.05) is 11.1 Å². The predicted octanol–water partition coefficient (Wildman–Crippen LogP) is 2.79. The Bertz CT molecular complexity index is 682. The molecular weight excluding hydrogens is 250 g/mol. The second-order valence-corrected chi connectivity index (χ2v) is 4.18. The van der Waals surface area contributed by atoms with E-state index in [1.165, 1.54) is 6.08 Å². The SMILES string of the molecule is N#Cc1ccc(NC(=O)/C=C/c2cccc(N)c2)cc1. The Balaban J connectivity index is 2.00. The van der Waals surface area contributed by atoms with Gasteiger partial charge >= 0.3 is 0 Å². The van der Waals surface area contributed by atoms with E-state index >= 15 is 0 Å². The fourth-order valence-electron chi connectivity index (χ4n) is 1.65. The molecule has 0 radical (unpaired) electrons. The number of carbonyl (C=O) groups excluding carboxylic acids is 1. The van der Waals surface area contributed by atoms with Crippen molar-refractivity contribution in [3.63, 3.8) is 0 Å². The molecule has 0 aliphatic rings. The number of nitriles is 1. The van der Waals surface area contributed by atoms with Crippen LogP contribution in [-0.2, 0) is 4.79 Å². The fourth-order valence-corrected chi connectivity index (χ4v) is 1.65. The number of anilines is 2. The topological polar surface area (TPSA) is 78.9 Å². The summed E-state index contributed by atoms with van der Waals surface area (Å²) in [7, 11) is 0. The van der Waals surface area contributed by atoms with Gasteiger partial charge in [-0.1, -0.05) is 12.1 Å². The Hall–Kier alpha value is -3.06. The molecule has 0 spiro atoms. The van der Waals surface area contributed by atoms with Gasteiger partial charge in [-0.05, 0) is 48.0 Å². The fraction of sp³-hybridized carbons (Fsp3) is 0. The number of nitrogen functional groups attached to an aromatic ring is 1. The highest BCUT2D eigenvalue weighted by molar-refractivity contribution is 6.01. The molecule has 98 valence electrons. The Kier molecular flexibility index (Phi) is 4.15. The second-order valence-electron chi connectivity index (χ2n) is 4.18. The lowest BCUT2D eigenvalue weighted by molar-refractivity contribution is -0.111. The molecule has 0 fully saturated rings. The molecular formula is C16H13N3O. The van der Waals surface area contributed by atoms with Crippen LogP contribution in [0.3, 0.4) is 0 Å². The van der Waals surface area contributed by atoms with Gasteiger partial charge in [0.1, 0.15) is 0 Å². The molecule has 20 heavy (non-hydrogen) atoms. The van der Waals surface area contributed by atoms with E-state index in [2.05, 4.69) is 5.32 Å². The van der Waals surface area contributed by atoms with E-state index in [9.17, 15) is 4.79 Å². The van der Waals surface area contributed by atoms with Crippen LogP contribution in [0.1, 0.15) is 11.1 Å². The number of nitrogens with one attached hydrogen (secondary N) is 1. The van der Waals surface area contributed by atoms with Crippen LogP contribution in [0.15, 0.2) is 54.6 Å². The summed E-state index contributed by atoms with van der Waals surface area (Å²) in [6.07, 6.45) is 3.13. The van der Waals surface area contributed by atoms with Gasteiger partial charge in [-0.2, -0.15) is 5.26 Å². The number of hydrogen-bond donors (Lipinski definition) is 2. The third-order valence-electron chi connectivity index (χ3n) is 2.62. The van der Waals surface area contributed by atoms with Gasteiger partial charge in [0.2, 0.25) is 5.91 Å². The first-order valence-corrected chi connectivity index (χ1v) is 6.02. The summed E-state index contributed by atoms with van der Waals surface area (Å²) >= 11 is 0. The Morgan fingerprint density at radius 1 is 1.20 bits per heavy atom. The third kappa shape index (κ3) is 3.72. The Morgan fingerprint density at radius 3 is 2.60 bits per heavy atom. The highest BCUT2D eigenvalue weighted by atomic mass is 16.1. The monoisotopic (exact) mass is 263 g/mol. The van der Waals surface area contributed by atoms with Gasteiger partial charge < -0.3 is 11.1 Å². The zero-order chi connectivity index (χ0) is 14.4. The van der Waals surface area contributed by atoms with Crippen LogP contribution < -0.4 is 11.1 Å². The zero-order valence-electron chi connectivity index (χ0n) is 10.7. The highest BCUT2D eigenvalue weighted by Gasteiger charge is 1.98. The number of nitrogens with zero attached hydrogens (tertiary/aromatic N) is 1. The van der Waals surface area contributed by atoms with Crippen LogP contribution >= 0.6 is 0 Å². The summed E-state index contributed by atoms with van der Waals surface area (Å²) in [6.45, 7) is 0. The van der Waals surface area contributed by atoms with Crippen LogP contribution in [0, 0.1) is 11.3 Å². The van der Waals surface area contributed by atoms with Crippen LogP contribution in [-0.4, -0.2) is 5.91 Å². The van der Waals surface area contributed by atoms with Crippen molar-refractivity contribution in [1.82, 2.24) is 0 Å². The molecule has 0 bridgehead atoms. The molecule has 4 heteroatoms. The Morgan fingerprint density at radius 2 is 1.95 bits per heavy atom. The van der Waals surface area contributed by atoms with Crippen molar-refractivity contribution < 1.29 is 4.79 Å². The molecule has 0 atom stereocenters. The summed E-state index contributed by atoms with van der Waals surface area (Å²) in [5.74, 6) is -0.239. The molecule has 0 heterocycles. The predicted molar refractivity (Wildman–Crippen MR) is 79.7 cm³/mol. The quantitative estimate of drug-likeness (QED) is 0.660. The van der Waals surface area contributed by atoms with Crippen LogP contribution in [0.25, 0.3) is 6.08 Å². The van der Waals surface area contributed by atoms with Gasteiger partial charge in [0.15, 0.2) is 0 Å². The lowest BCUT2D eigenvalue weighted by atomic mass is 10.2. The average molecular weight is 263 g/mol. The van der Waals surface area contributed by atoms with Gasteiger partial charge in [-0.15, -0.1) is 0 Å². The molecule has 0 saturated carbocycles. The number of nitrogens with two attached hydrogens (primary N) is 1. The van der Waals surface area contributed by atoms with Crippen LogP contribution in [0.2, 0.25) is 0 Å². The van der Waals surface area contributed by atoms with E-state index in [0.29, 0.717) is 16.9 Å². The molecule has 2 aromatic carbocycles. The molecule has 0 aliphatic carbocycles. The molecule has 0 aromatic heterocycles. The molecule has 2 rings (SSSR count). The minimum absolute atomic E-state index is 0.239. The minimum Gasteiger partial charge on any atom is -0.399 e. The molecule has 0 saturated heterocycles. The molecule has 2 aromatic rings. The van der Waals surface area contributed by atoms with Crippen molar-refractivity contribution in [3.05, 3.63) is 65.7 Å². The van der Waals surface area contributed by atoms with Gasteiger partial charge in [0.05, 0.1) is 11.6 Å². The van der Waals surface area contributed by atoms with Gasteiger partial charge in [0.25, 0.3) is 0 Å². The number of hydrogen-bond acceptors (Lipinski definition) is 3. The van der Waals surface area contributed by atoms with Crippen molar-refractivity contribution >= 4 is 23.4 Å². The van der Waals surface area contributed by atoms with Gasteiger partial charge in [-0.3, -0.25) is 4.79 Å². The second kappa shape index (κ2) is 6.21. The molecule has 3 N–H and O–H groups in total. The maximum Gasteiger partial charge on any atom is 0.248 e. The summed E-state index contributed by atoms with van der Waals surface area (Å²) < 4.78 is 0. The number of benzene rings is 2. The van der Waals surface area contributed by atoms with Crippen LogP contribution in [0.5, 0.6) is 0 Å². The van der Waals surface area contributed by atoms with E-state index < -0.39 is 0 Å². The van der Waals surface area contributed by atoms with Crippen molar-refractivity contribution in [1.29, 1.82) is 5.26 Å². The lowest BCUT2D eigenvalue weighted by Crippen LogP contribution is -2.07. The van der Waals surface area contributed by atoms with E-state index in [1.54, 1.807) is 42.5 Å². The van der Waals surface area contributed by atoms with Crippen LogP contribution in [0.4, 0.5) is 11.4 Å². The average Bonchev–Trinajstić information content (AvgIpc) is 2.46. The minimum atomic E-state index is -0.239. The third-order valence-corrected chi connectivity index (χ3v) is 2.62. The summed E-state index contributed by atoms with van der Waals surface area (Å²) in [5.41, 5.74) is 8.37. The van der Waals surface area contributed by atoms with Crippen molar-refractivity contribution in [2.24, 2.45) is 0 Å². The number of amides is 1. The van der Waals surface area contributed by atoms with Gasteiger partial charge in [-0.25, -0.2) is 0 Å². The maximum atomic E-state index is 11.7. The molecule has 1 amide bonds. The molecule has 0 aliphatic heterocycles. The standard InChI is InChI=1S/C16H13N3O/c17-11-13-4-7-15(8-5-13)19-16(20)9-6-12-2-1-3-14(18)10-12/h1-10H,18H2,(H,19,20)/b9-6+. The van der Waals surface area contributed by atoms with E-state index in [0.717, 1.165) is 5.56 Å². The van der Waals surface area contributed by atoms with Gasteiger partial charge in [0, 0.05) is 17.5 Å². The number of rotatable bonds is 3. The first kappa shape index (κ1) is 13.4. The van der Waals surface area contributed by atoms with E-state index in [4.69, 9.17) is 11.0 Å². The smallest absolute Gasteiger partial charge is 0.248 e. The largest absolute Gasteiger partial charge is 0.399 e. The summed E-state index contributed by atoms with van der Waals surface area (Å²) in [6, 6.07) is 16.0.